The number of carbonyl (C=O) groups is 1. The third kappa shape index (κ3) is 6.27. The van der Waals surface area contributed by atoms with Gasteiger partial charge < -0.3 is 14.2 Å². The lowest BCUT2D eigenvalue weighted by Gasteiger charge is -2.15. The van der Waals surface area contributed by atoms with Crippen LogP contribution in [-0.2, 0) is 11.2 Å². The van der Waals surface area contributed by atoms with E-state index in [9.17, 15) is 4.79 Å². The number of aromatic nitrogens is 2. The molecule has 0 atom stereocenters. The van der Waals surface area contributed by atoms with E-state index in [-0.39, 0.29) is 5.91 Å². The number of ether oxygens (including phenoxy) is 3. The number of benzene rings is 3. The first-order chi connectivity index (χ1) is 19.9. The van der Waals surface area contributed by atoms with Crippen LogP contribution in [0.3, 0.4) is 0 Å². The van der Waals surface area contributed by atoms with E-state index in [1.165, 1.54) is 11.8 Å². The summed E-state index contributed by atoms with van der Waals surface area (Å²) < 4.78 is 18.7. The molecule has 7 nitrogen and oxygen atoms in total. The molecular formula is C31H28ClN3O4S2. The number of rotatable bonds is 10. The predicted octanol–water partition coefficient (Wildman–Crippen LogP) is 7.05. The Hall–Kier alpha value is -3.79. The number of thioether (sulfide) groups is 1. The molecule has 1 fully saturated rings. The van der Waals surface area contributed by atoms with E-state index in [1.807, 2.05) is 85.9 Å². The van der Waals surface area contributed by atoms with Crippen molar-refractivity contribution in [2.24, 2.45) is 0 Å². The molecule has 0 spiro atoms. The summed E-state index contributed by atoms with van der Waals surface area (Å²) in [6, 6.07) is 21.1. The zero-order valence-electron chi connectivity index (χ0n) is 22.8. The molecule has 1 amide bonds. The average Bonchev–Trinajstić information content (AvgIpc) is 3.53. The summed E-state index contributed by atoms with van der Waals surface area (Å²) in [7, 11) is 3.20. The summed E-state index contributed by atoms with van der Waals surface area (Å²) in [6.45, 7) is 2.87. The van der Waals surface area contributed by atoms with E-state index in [2.05, 4.69) is 0 Å². The van der Waals surface area contributed by atoms with Crippen LogP contribution in [0.5, 0.6) is 17.2 Å². The van der Waals surface area contributed by atoms with Gasteiger partial charge in [-0.1, -0.05) is 59.8 Å². The molecule has 10 heteroatoms. The number of carbonyl (C=O) groups excluding carboxylic acids is 1. The number of thiocarbonyl (C=S) groups is 1. The molecule has 0 radical (unpaired) electrons. The molecule has 210 valence electrons. The van der Waals surface area contributed by atoms with Gasteiger partial charge in [-0.05, 0) is 67.4 Å². The summed E-state index contributed by atoms with van der Waals surface area (Å²) in [4.78, 5) is 15.7. The number of nitrogens with zero attached hydrogens (tertiary/aromatic N) is 3. The van der Waals surface area contributed by atoms with Crippen LogP contribution in [0.25, 0.3) is 23.0 Å². The number of hydrogen-bond acceptors (Lipinski definition) is 7. The van der Waals surface area contributed by atoms with E-state index in [1.54, 1.807) is 23.8 Å². The molecule has 0 bridgehead atoms. The van der Waals surface area contributed by atoms with Crippen LogP contribution in [0.4, 0.5) is 0 Å². The number of methoxy groups -OCH3 is 2. The van der Waals surface area contributed by atoms with Gasteiger partial charge in [-0.3, -0.25) is 9.69 Å². The SMILES string of the molecule is CCOc1ccc(-c2nn(-c3ccccc3)cc2/C=C2\SC(=S)N(CCc3ccc(OC)c(OC)c3)C2=O)cc1Cl. The molecule has 0 unspecified atom stereocenters. The molecule has 0 aliphatic carbocycles. The lowest BCUT2D eigenvalue weighted by atomic mass is 10.1. The van der Waals surface area contributed by atoms with Crippen molar-refractivity contribution in [3.8, 4) is 34.2 Å². The van der Waals surface area contributed by atoms with Gasteiger partial charge in [-0.25, -0.2) is 4.68 Å². The third-order valence-electron chi connectivity index (χ3n) is 6.50. The predicted molar refractivity (Wildman–Crippen MR) is 168 cm³/mol. The fourth-order valence-electron chi connectivity index (χ4n) is 4.46. The maximum Gasteiger partial charge on any atom is 0.266 e. The van der Waals surface area contributed by atoms with Crippen molar-refractivity contribution in [1.82, 2.24) is 14.7 Å². The molecule has 1 aromatic heterocycles. The highest BCUT2D eigenvalue weighted by molar-refractivity contribution is 8.26. The first-order valence-corrected chi connectivity index (χ1v) is 14.6. The summed E-state index contributed by atoms with van der Waals surface area (Å²) in [5.41, 5.74) is 4.18. The Bertz CT molecular complexity index is 1620. The van der Waals surface area contributed by atoms with Crippen molar-refractivity contribution in [2.75, 3.05) is 27.4 Å². The standard InChI is InChI=1S/C31H28ClN3O4S2/c1-4-39-25-13-11-21(17-24(25)32)29-22(19-35(33-29)23-8-6-5-7-9-23)18-28-30(36)34(31(40)41-28)15-14-20-10-12-26(37-2)27(16-20)38-3/h5-13,16-19H,4,14-15H2,1-3H3/b28-18-. The van der Waals surface area contributed by atoms with E-state index in [0.29, 0.717) is 56.8 Å². The second-order valence-corrected chi connectivity index (χ2v) is 11.1. The lowest BCUT2D eigenvalue weighted by molar-refractivity contribution is -0.122. The third-order valence-corrected chi connectivity index (χ3v) is 8.17. The van der Waals surface area contributed by atoms with Crippen LogP contribution in [0, 0.1) is 0 Å². The lowest BCUT2D eigenvalue weighted by Crippen LogP contribution is -2.30. The minimum Gasteiger partial charge on any atom is -0.493 e. The monoisotopic (exact) mass is 605 g/mol. The largest absolute Gasteiger partial charge is 0.493 e. The normalized spacial score (nSPS) is 14.1. The van der Waals surface area contributed by atoms with Crippen molar-refractivity contribution < 1.29 is 19.0 Å². The molecule has 1 saturated heterocycles. The number of halogens is 1. The Morgan fingerprint density at radius 3 is 2.46 bits per heavy atom. The molecule has 1 aliphatic rings. The molecule has 5 rings (SSSR count). The van der Waals surface area contributed by atoms with Crippen LogP contribution >= 0.6 is 35.6 Å². The Balaban J connectivity index is 1.44. The second kappa shape index (κ2) is 12.8. The Morgan fingerprint density at radius 2 is 1.76 bits per heavy atom. The maximum absolute atomic E-state index is 13.5. The van der Waals surface area contributed by atoms with Gasteiger partial charge in [0.25, 0.3) is 5.91 Å². The van der Waals surface area contributed by atoms with Crippen molar-refractivity contribution in [3.05, 3.63) is 94.0 Å². The van der Waals surface area contributed by atoms with Gasteiger partial charge in [-0.15, -0.1) is 0 Å². The fraction of sp³-hybridized carbons (Fsp3) is 0.194. The van der Waals surface area contributed by atoms with Crippen LogP contribution in [0.2, 0.25) is 5.02 Å². The Labute approximate surface area is 253 Å². The average molecular weight is 606 g/mol. The molecule has 3 aromatic carbocycles. The number of para-hydroxylation sites is 1. The number of amides is 1. The first kappa shape index (κ1) is 28.7. The van der Waals surface area contributed by atoms with Gasteiger partial charge in [0.2, 0.25) is 0 Å². The van der Waals surface area contributed by atoms with Crippen LogP contribution < -0.4 is 14.2 Å². The van der Waals surface area contributed by atoms with Crippen LogP contribution in [-0.4, -0.2) is 52.3 Å². The summed E-state index contributed by atoms with van der Waals surface area (Å²) >= 11 is 13.4. The highest BCUT2D eigenvalue weighted by Gasteiger charge is 2.32. The zero-order chi connectivity index (χ0) is 28.9. The molecule has 41 heavy (non-hydrogen) atoms. The summed E-state index contributed by atoms with van der Waals surface area (Å²) in [5.74, 6) is 1.78. The number of hydrogen-bond donors (Lipinski definition) is 0. The van der Waals surface area contributed by atoms with Crippen molar-refractivity contribution in [1.29, 1.82) is 0 Å². The van der Waals surface area contributed by atoms with Crippen LogP contribution in [0.1, 0.15) is 18.1 Å². The molecular weight excluding hydrogens is 578 g/mol. The highest BCUT2D eigenvalue weighted by atomic mass is 35.5. The molecule has 4 aromatic rings. The first-order valence-electron chi connectivity index (χ1n) is 13.0. The molecule has 2 heterocycles. The van der Waals surface area contributed by atoms with Gasteiger partial charge >= 0.3 is 0 Å². The zero-order valence-corrected chi connectivity index (χ0v) is 25.2. The Morgan fingerprint density at radius 1 is 1.00 bits per heavy atom. The van der Waals surface area contributed by atoms with E-state index in [0.717, 1.165) is 22.4 Å². The second-order valence-electron chi connectivity index (χ2n) is 9.06. The highest BCUT2D eigenvalue weighted by Crippen LogP contribution is 2.37. The summed E-state index contributed by atoms with van der Waals surface area (Å²) in [5, 5.41) is 5.35. The van der Waals surface area contributed by atoms with Crippen LogP contribution in [0.15, 0.2) is 77.8 Å². The molecule has 0 N–H and O–H groups in total. The van der Waals surface area contributed by atoms with Gasteiger partial charge in [0.05, 0.1) is 36.4 Å². The minimum atomic E-state index is -0.136. The van der Waals surface area contributed by atoms with Gasteiger partial charge in [0.1, 0.15) is 15.8 Å². The Kier molecular flexibility index (Phi) is 8.97. The van der Waals surface area contributed by atoms with Gasteiger partial charge in [-0.2, -0.15) is 5.10 Å². The fourth-order valence-corrected chi connectivity index (χ4v) is 6.00. The minimum absolute atomic E-state index is 0.136. The van der Waals surface area contributed by atoms with Gasteiger partial charge in [0, 0.05) is 23.9 Å². The van der Waals surface area contributed by atoms with E-state index < -0.39 is 0 Å². The maximum atomic E-state index is 13.5. The van der Waals surface area contributed by atoms with Crippen molar-refractivity contribution in [2.45, 2.75) is 13.3 Å². The van der Waals surface area contributed by atoms with Crippen molar-refractivity contribution in [3.63, 3.8) is 0 Å². The quantitative estimate of drug-likeness (QED) is 0.142. The molecule has 1 aliphatic heterocycles. The van der Waals surface area contributed by atoms with E-state index in [4.69, 9.17) is 43.1 Å². The molecule has 0 saturated carbocycles. The summed E-state index contributed by atoms with van der Waals surface area (Å²) in [6.07, 6.45) is 4.37. The smallest absolute Gasteiger partial charge is 0.266 e. The van der Waals surface area contributed by atoms with Crippen molar-refractivity contribution >= 4 is 51.9 Å². The van der Waals surface area contributed by atoms with E-state index >= 15 is 0 Å². The van der Waals surface area contributed by atoms with Gasteiger partial charge in [0.15, 0.2) is 11.5 Å². The topological polar surface area (TPSA) is 65.8 Å².